The van der Waals surface area contributed by atoms with E-state index >= 15 is 0 Å². The van der Waals surface area contributed by atoms with Crippen molar-refractivity contribution in [1.29, 1.82) is 0 Å². The molecular formula is C18H21N3O. The lowest BCUT2D eigenvalue weighted by Gasteiger charge is -2.08. The van der Waals surface area contributed by atoms with Crippen LogP contribution in [0.2, 0.25) is 0 Å². The monoisotopic (exact) mass is 295 g/mol. The topological polar surface area (TPSA) is 53.1 Å². The van der Waals surface area contributed by atoms with Crippen molar-refractivity contribution in [2.24, 2.45) is 0 Å². The van der Waals surface area contributed by atoms with Gasteiger partial charge in [-0.05, 0) is 36.2 Å². The van der Waals surface area contributed by atoms with Gasteiger partial charge in [-0.3, -0.25) is 0 Å². The maximum atomic E-state index is 5.76. The predicted molar refractivity (Wildman–Crippen MR) is 90.2 cm³/mol. The number of fused-ring (bicyclic) bond motifs is 1. The number of aromatic nitrogens is 2. The molecule has 2 aromatic carbocycles. The first kappa shape index (κ1) is 14.4. The van der Waals surface area contributed by atoms with Crippen LogP contribution in [0.3, 0.4) is 0 Å². The summed E-state index contributed by atoms with van der Waals surface area (Å²) in [5, 5.41) is 0. The molecular weight excluding hydrogens is 274 g/mol. The molecule has 3 aromatic rings. The molecule has 0 radical (unpaired) electrons. The van der Waals surface area contributed by atoms with Gasteiger partial charge >= 0.3 is 0 Å². The number of hydrogen-bond acceptors (Lipinski definition) is 3. The SMILES string of the molecule is CCCn1c(Cc2ccc(N)cc2)nc2cc(OC)ccc21. The van der Waals surface area contributed by atoms with E-state index in [0.29, 0.717) is 0 Å². The zero-order valence-electron chi connectivity index (χ0n) is 13.0. The largest absolute Gasteiger partial charge is 0.497 e. The lowest BCUT2D eigenvalue weighted by atomic mass is 10.1. The Morgan fingerprint density at radius 2 is 1.91 bits per heavy atom. The van der Waals surface area contributed by atoms with Gasteiger partial charge in [0.05, 0.1) is 18.1 Å². The van der Waals surface area contributed by atoms with E-state index in [0.717, 1.165) is 47.7 Å². The smallest absolute Gasteiger partial charge is 0.121 e. The van der Waals surface area contributed by atoms with Crippen LogP contribution in [-0.4, -0.2) is 16.7 Å². The Labute approximate surface area is 130 Å². The molecule has 0 unspecified atom stereocenters. The highest BCUT2D eigenvalue weighted by molar-refractivity contribution is 5.78. The van der Waals surface area contributed by atoms with E-state index in [2.05, 4.69) is 29.7 Å². The minimum atomic E-state index is 0.788. The highest BCUT2D eigenvalue weighted by Gasteiger charge is 2.11. The second-order valence-corrected chi connectivity index (χ2v) is 5.45. The zero-order valence-corrected chi connectivity index (χ0v) is 13.0. The van der Waals surface area contributed by atoms with Crippen LogP contribution in [-0.2, 0) is 13.0 Å². The first-order valence-corrected chi connectivity index (χ1v) is 7.59. The van der Waals surface area contributed by atoms with Crippen LogP contribution in [0.4, 0.5) is 5.69 Å². The molecule has 0 fully saturated rings. The van der Waals surface area contributed by atoms with E-state index in [1.54, 1.807) is 7.11 Å². The van der Waals surface area contributed by atoms with Gasteiger partial charge in [-0.1, -0.05) is 19.1 Å². The number of imidazole rings is 1. The summed E-state index contributed by atoms with van der Waals surface area (Å²) >= 11 is 0. The van der Waals surface area contributed by atoms with Crippen molar-refractivity contribution in [2.75, 3.05) is 12.8 Å². The van der Waals surface area contributed by atoms with Crippen molar-refractivity contribution in [2.45, 2.75) is 26.3 Å². The summed E-state index contributed by atoms with van der Waals surface area (Å²) in [5.41, 5.74) is 9.90. The van der Waals surface area contributed by atoms with Crippen LogP contribution < -0.4 is 10.5 Å². The normalized spacial score (nSPS) is 11.0. The first-order valence-electron chi connectivity index (χ1n) is 7.59. The molecule has 0 amide bonds. The number of nitrogens with zero attached hydrogens (tertiary/aromatic N) is 2. The standard InChI is InChI=1S/C18H21N3O/c1-3-10-21-17-9-8-15(22-2)12-16(17)20-18(21)11-13-4-6-14(19)7-5-13/h4-9,12H,3,10-11,19H2,1-2H3. The molecule has 4 nitrogen and oxygen atoms in total. The summed E-state index contributed by atoms with van der Waals surface area (Å²) in [7, 11) is 1.68. The molecule has 2 N–H and O–H groups in total. The quantitative estimate of drug-likeness (QED) is 0.731. The number of anilines is 1. The van der Waals surface area contributed by atoms with E-state index in [4.69, 9.17) is 15.5 Å². The fourth-order valence-corrected chi connectivity index (χ4v) is 2.71. The fraction of sp³-hybridized carbons (Fsp3) is 0.278. The minimum absolute atomic E-state index is 0.788. The third kappa shape index (κ3) is 2.77. The molecule has 0 atom stereocenters. The van der Waals surface area contributed by atoms with Crippen molar-refractivity contribution in [1.82, 2.24) is 9.55 Å². The van der Waals surface area contributed by atoms with E-state index in [-0.39, 0.29) is 0 Å². The lowest BCUT2D eigenvalue weighted by molar-refractivity contribution is 0.415. The Morgan fingerprint density at radius 1 is 1.14 bits per heavy atom. The average Bonchev–Trinajstić information content (AvgIpc) is 2.87. The van der Waals surface area contributed by atoms with Gasteiger partial charge in [0, 0.05) is 24.7 Å². The first-order chi connectivity index (χ1) is 10.7. The number of nitrogens with two attached hydrogens (primary N) is 1. The molecule has 0 bridgehead atoms. The fourth-order valence-electron chi connectivity index (χ4n) is 2.71. The highest BCUT2D eigenvalue weighted by Crippen LogP contribution is 2.23. The Hall–Kier alpha value is -2.49. The summed E-state index contributed by atoms with van der Waals surface area (Å²) in [6.45, 7) is 3.15. The second-order valence-electron chi connectivity index (χ2n) is 5.45. The maximum absolute atomic E-state index is 5.76. The van der Waals surface area contributed by atoms with Crippen LogP contribution in [0.1, 0.15) is 24.7 Å². The van der Waals surface area contributed by atoms with Crippen LogP contribution in [0.15, 0.2) is 42.5 Å². The number of aryl methyl sites for hydroxylation is 1. The summed E-state index contributed by atoms with van der Waals surface area (Å²) in [6, 6.07) is 14.1. The zero-order chi connectivity index (χ0) is 15.5. The third-order valence-electron chi connectivity index (χ3n) is 3.82. The van der Waals surface area contributed by atoms with Gasteiger partial charge in [0.15, 0.2) is 0 Å². The number of methoxy groups -OCH3 is 1. The van der Waals surface area contributed by atoms with E-state index in [9.17, 15) is 0 Å². The van der Waals surface area contributed by atoms with Gasteiger partial charge in [0.25, 0.3) is 0 Å². The number of benzene rings is 2. The molecule has 3 rings (SSSR count). The molecule has 0 aliphatic rings. The summed E-state index contributed by atoms with van der Waals surface area (Å²) in [6.07, 6.45) is 1.88. The van der Waals surface area contributed by atoms with E-state index in [1.165, 1.54) is 5.56 Å². The molecule has 0 saturated carbocycles. The molecule has 114 valence electrons. The van der Waals surface area contributed by atoms with Gasteiger partial charge in [-0.25, -0.2) is 4.98 Å². The maximum Gasteiger partial charge on any atom is 0.121 e. The van der Waals surface area contributed by atoms with Crippen molar-refractivity contribution in [3.63, 3.8) is 0 Å². The predicted octanol–water partition coefficient (Wildman–Crippen LogP) is 3.63. The number of hydrogen-bond donors (Lipinski definition) is 1. The Bertz CT molecular complexity index is 775. The van der Waals surface area contributed by atoms with Gasteiger partial charge < -0.3 is 15.0 Å². The molecule has 0 aliphatic heterocycles. The third-order valence-corrected chi connectivity index (χ3v) is 3.82. The van der Waals surface area contributed by atoms with Crippen LogP contribution in [0.5, 0.6) is 5.75 Å². The van der Waals surface area contributed by atoms with Crippen LogP contribution >= 0.6 is 0 Å². The van der Waals surface area contributed by atoms with Crippen molar-refractivity contribution in [3.05, 3.63) is 53.9 Å². The molecule has 0 spiro atoms. The van der Waals surface area contributed by atoms with Gasteiger partial charge in [0.1, 0.15) is 11.6 Å². The van der Waals surface area contributed by atoms with Gasteiger partial charge in [-0.15, -0.1) is 0 Å². The van der Waals surface area contributed by atoms with Crippen LogP contribution in [0, 0.1) is 0 Å². The summed E-state index contributed by atoms with van der Waals surface area (Å²) in [5.74, 6) is 1.92. The second kappa shape index (κ2) is 6.10. The minimum Gasteiger partial charge on any atom is -0.497 e. The highest BCUT2D eigenvalue weighted by atomic mass is 16.5. The van der Waals surface area contributed by atoms with Crippen molar-refractivity contribution in [3.8, 4) is 5.75 Å². The summed E-state index contributed by atoms with van der Waals surface area (Å²) < 4.78 is 7.60. The van der Waals surface area contributed by atoms with Crippen molar-refractivity contribution < 1.29 is 4.74 Å². The Morgan fingerprint density at radius 3 is 2.59 bits per heavy atom. The Balaban J connectivity index is 2.03. The Kier molecular flexibility index (Phi) is 4.00. The number of ether oxygens (including phenoxy) is 1. The van der Waals surface area contributed by atoms with Crippen LogP contribution in [0.25, 0.3) is 11.0 Å². The molecule has 22 heavy (non-hydrogen) atoms. The van der Waals surface area contributed by atoms with Gasteiger partial charge in [0.2, 0.25) is 0 Å². The van der Waals surface area contributed by atoms with Crippen molar-refractivity contribution >= 4 is 16.7 Å². The lowest BCUT2D eigenvalue weighted by Crippen LogP contribution is -2.04. The number of nitrogen functional groups attached to an aromatic ring is 1. The average molecular weight is 295 g/mol. The molecule has 0 aliphatic carbocycles. The molecule has 4 heteroatoms. The molecule has 1 heterocycles. The number of rotatable bonds is 5. The van der Waals surface area contributed by atoms with E-state index < -0.39 is 0 Å². The van der Waals surface area contributed by atoms with Gasteiger partial charge in [-0.2, -0.15) is 0 Å². The molecule has 1 aromatic heterocycles. The molecule has 0 saturated heterocycles. The van der Waals surface area contributed by atoms with E-state index in [1.807, 2.05) is 24.3 Å². The summed E-state index contributed by atoms with van der Waals surface area (Å²) in [4.78, 5) is 4.81.